The highest BCUT2D eigenvalue weighted by Crippen LogP contribution is 2.24. The van der Waals surface area contributed by atoms with E-state index < -0.39 is 0 Å². The highest BCUT2D eigenvalue weighted by molar-refractivity contribution is 6.33. The van der Waals surface area contributed by atoms with Gasteiger partial charge in [-0.05, 0) is 49.2 Å². The van der Waals surface area contributed by atoms with Gasteiger partial charge in [0.25, 0.3) is 5.91 Å². The Morgan fingerprint density at radius 2 is 1.92 bits per heavy atom. The lowest BCUT2D eigenvalue weighted by Gasteiger charge is -2.18. The van der Waals surface area contributed by atoms with Crippen LogP contribution in [0, 0.1) is 13.8 Å². The summed E-state index contributed by atoms with van der Waals surface area (Å²) in [6, 6.07) is 12.6. The SMILES string of the molecule is Cc1ccc(N2C[C@@H](NC(=O)c3ccccc3Cl)CC2=O)cc1C. The first kappa shape index (κ1) is 16.5. The van der Waals surface area contributed by atoms with E-state index >= 15 is 0 Å². The number of hydrogen-bond acceptors (Lipinski definition) is 2. The molecule has 1 heterocycles. The molecule has 2 aromatic rings. The Morgan fingerprint density at radius 3 is 2.62 bits per heavy atom. The topological polar surface area (TPSA) is 49.4 Å². The van der Waals surface area contributed by atoms with E-state index in [1.807, 2.05) is 32.0 Å². The molecule has 1 fully saturated rings. The minimum absolute atomic E-state index is 0.0164. The Kier molecular flexibility index (Phi) is 4.58. The number of anilines is 1. The van der Waals surface area contributed by atoms with Gasteiger partial charge in [-0.25, -0.2) is 0 Å². The predicted octanol–water partition coefficient (Wildman–Crippen LogP) is 3.49. The molecule has 1 saturated heterocycles. The number of rotatable bonds is 3. The van der Waals surface area contributed by atoms with Gasteiger partial charge in [0.1, 0.15) is 0 Å². The fraction of sp³-hybridized carbons (Fsp3) is 0.263. The maximum Gasteiger partial charge on any atom is 0.253 e. The number of amides is 2. The van der Waals surface area contributed by atoms with Crippen LogP contribution in [0.5, 0.6) is 0 Å². The molecule has 24 heavy (non-hydrogen) atoms. The average Bonchev–Trinajstić information content (AvgIpc) is 2.91. The second kappa shape index (κ2) is 6.65. The molecule has 5 heteroatoms. The van der Waals surface area contributed by atoms with Gasteiger partial charge in [0.2, 0.25) is 5.91 Å². The molecule has 1 atom stereocenters. The zero-order chi connectivity index (χ0) is 17.3. The number of halogens is 1. The summed E-state index contributed by atoms with van der Waals surface area (Å²) in [4.78, 5) is 26.4. The maximum absolute atomic E-state index is 12.3. The van der Waals surface area contributed by atoms with Crippen molar-refractivity contribution < 1.29 is 9.59 Å². The summed E-state index contributed by atoms with van der Waals surface area (Å²) < 4.78 is 0. The van der Waals surface area contributed by atoms with E-state index in [1.165, 1.54) is 5.56 Å². The second-order valence-electron chi connectivity index (χ2n) is 6.13. The predicted molar refractivity (Wildman–Crippen MR) is 95.6 cm³/mol. The van der Waals surface area contributed by atoms with E-state index in [1.54, 1.807) is 29.2 Å². The number of benzene rings is 2. The van der Waals surface area contributed by atoms with E-state index in [4.69, 9.17) is 11.6 Å². The van der Waals surface area contributed by atoms with Crippen molar-refractivity contribution in [1.82, 2.24) is 5.32 Å². The van der Waals surface area contributed by atoms with Crippen LogP contribution in [0.1, 0.15) is 27.9 Å². The number of carbonyl (C=O) groups excluding carboxylic acids is 2. The fourth-order valence-corrected chi connectivity index (χ4v) is 3.08. The molecule has 124 valence electrons. The van der Waals surface area contributed by atoms with Gasteiger partial charge in [-0.1, -0.05) is 29.8 Å². The molecule has 1 aliphatic rings. The van der Waals surface area contributed by atoms with Gasteiger partial charge < -0.3 is 10.2 Å². The largest absolute Gasteiger partial charge is 0.347 e. The van der Waals surface area contributed by atoms with Crippen molar-refractivity contribution in [2.45, 2.75) is 26.3 Å². The summed E-state index contributed by atoms with van der Waals surface area (Å²) in [5.74, 6) is -0.233. The Hall–Kier alpha value is -2.33. The first-order chi connectivity index (χ1) is 11.5. The number of nitrogens with one attached hydrogen (secondary N) is 1. The van der Waals surface area contributed by atoms with E-state index in [9.17, 15) is 9.59 Å². The molecule has 4 nitrogen and oxygen atoms in total. The van der Waals surface area contributed by atoms with E-state index in [0.29, 0.717) is 23.6 Å². The molecule has 1 N–H and O–H groups in total. The van der Waals surface area contributed by atoms with Crippen molar-refractivity contribution >= 4 is 29.1 Å². The molecular formula is C19H19ClN2O2. The molecule has 3 rings (SSSR count). The highest BCUT2D eigenvalue weighted by atomic mass is 35.5. The lowest BCUT2D eigenvalue weighted by atomic mass is 10.1. The maximum atomic E-state index is 12.3. The van der Waals surface area contributed by atoms with Gasteiger partial charge in [0.15, 0.2) is 0 Å². The van der Waals surface area contributed by atoms with Crippen LogP contribution in [0.4, 0.5) is 5.69 Å². The van der Waals surface area contributed by atoms with Crippen molar-refractivity contribution in [1.29, 1.82) is 0 Å². The van der Waals surface area contributed by atoms with Crippen molar-refractivity contribution in [3.05, 3.63) is 64.2 Å². The van der Waals surface area contributed by atoms with Crippen LogP contribution in [0.15, 0.2) is 42.5 Å². The van der Waals surface area contributed by atoms with Crippen LogP contribution in [-0.2, 0) is 4.79 Å². The van der Waals surface area contributed by atoms with E-state index in [2.05, 4.69) is 5.32 Å². The smallest absolute Gasteiger partial charge is 0.253 e. The molecule has 0 aliphatic carbocycles. The Labute approximate surface area is 146 Å². The minimum atomic E-state index is -0.250. The summed E-state index contributed by atoms with van der Waals surface area (Å²) in [5, 5.41) is 3.31. The van der Waals surface area contributed by atoms with Crippen LogP contribution in [0.2, 0.25) is 5.02 Å². The first-order valence-corrected chi connectivity index (χ1v) is 8.26. The van der Waals surface area contributed by atoms with Crippen LogP contribution in [0.25, 0.3) is 0 Å². The Balaban J connectivity index is 1.72. The van der Waals surface area contributed by atoms with Crippen LogP contribution >= 0.6 is 11.6 Å². The van der Waals surface area contributed by atoms with E-state index in [-0.39, 0.29) is 17.9 Å². The van der Waals surface area contributed by atoms with E-state index in [0.717, 1.165) is 11.3 Å². The van der Waals surface area contributed by atoms with Crippen molar-refractivity contribution in [3.63, 3.8) is 0 Å². The molecule has 0 bridgehead atoms. The van der Waals surface area contributed by atoms with Crippen LogP contribution in [0.3, 0.4) is 0 Å². The summed E-state index contributed by atoms with van der Waals surface area (Å²) in [7, 11) is 0. The second-order valence-corrected chi connectivity index (χ2v) is 6.53. The number of carbonyl (C=O) groups is 2. The lowest BCUT2D eigenvalue weighted by molar-refractivity contribution is -0.117. The number of nitrogens with zero attached hydrogens (tertiary/aromatic N) is 1. The van der Waals surface area contributed by atoms with Crippen molar-refractivity contribution in [2.75, 3.05) is 11.4 Å². The summed E-state index contributed by atoms with van der Waals surface area (Å²) in [6.07, 6.45) is 0.295. The zero-order valence-electron chi connectivity index (χ0n) is 13.7. The summed E-state index contributed by atoms with van der Waals surface area (Å²) in [6.45, 7) is 4.53. The molecule has 0 aromatic heterocycles. The first-order valence-electron chi connectivity index (χ1n) is 7.88. The zero-order valence-corrected chi connectivity index (χ0v) is 14.4. The Morgan fingerprint density at radius 1 is 1.17 bits per heavy atom. The summed E-state index contributed by atoms with van der Waals surface area (Å²) in [5.41, 5.74) is 3.63. The number of aryl methyl sites for hydroxylation is 2. The normalized spacial score (nSPS) is 17.2. The van der Waals surface area contributed by atoms with Crippen molar-refractivity contribution in [2.24, 2.45) is 0 Å². The molecule has 0 unspecified atom stereocenters. The third-order valence-corrected chi connectivity index (χ3v) is 4.71. The number of hydrogen-bond donors (Lipinski definition) is 1. The third-order valence-electron chi connectivity index (χ3n) is 4.38. The van der Waals surface area contributed by atoms with Crippen LogP contribution in [-0.4, -0.2) is 24.4 Å². The van der Waals surface area contributed by atoms with Crippen molar-refractivity contribution in [3.8, 4) is 0 Å². The minimum Gasteiger partial charge on any atom is -0.347 e. The fourth-order valence-electron chi connectivity index (χ4n) is 2.86. The van der Waals surface area contributed by atoms with Gasteiger partial charge >= 0.3 is 0 Å². The molecule has 0 spiro atoms. The summed E-state index contributed by atoms with van der Waals surface area (Å²) >= 11 is 6.05. The van der Waals surface area contributed by atoms with Gasteiger partial charge in [0.05, 0.1) is 16.6 Å². The molecular weight excluding hydrogens is 324 g/mol. The average molecular weight is 343 g/mol. The van der Waals surface area contributed by atoms with Gasteiger partial charge in [-0.3, -0.25) is 9.59 Å². The molecule has 0 saturated carbocycles. The molecule has 2 amide bonds. The Bertz CT molecular complexity index is 804. The highest BCUT2D eigenvalue weighted by Gasteiger charge is 2.32. The third kappa shape index (κ3) is 3.29. The quantitative estimate of drug-likeness (QED) is 0.928. The van der Waals surface area contributed by atoms with Gasteiger partial charge in [-0.15, -0.1) is 0 Å². The molecule has 2 aromatic carbocycles. The monoisotopic (exact) mass is 342 g/mol. The van der Waals surface area contributed by atoms with Gasteiger partial charge in [-0.2, -0.15) is 0 Å². The lowest BCUT2D eigenvalue weighted by Crippen LogP contribution is -2.37. The standard InChI is InChI=1S/C19H19ClN2O2/c1-12-7-8-15(9-13(12)2)22-11-14(10-18(22)23)21-19(24)16-5-3-4-6-17(16)20/h3-9,14H,10-11H2,1-2H3,(H,21,24)/t14-/m0/s1. The molecule has 1 aliphatic heterocycles. The van der Waals surface area contributed by atoms with Crippen LogP contribution < -0.4 is 10.2 Å². The van der Waals surface area contributed by atoms with Gasteiger partial charge in [0, 0.05) is 18.7 Å². The molecule has 0 radical (unpaired) electrons.